The minimum Gasteiger partial charge on any atom is -0.338 e. The van der Waals surface area contributed by atoms with Gasteiger partial charge in [0.25, 0.3) is 0 Å². The van der Waals surface area contributed by atoms with E-state index in [1.807, 2.05) is 4.90 Å². The van der Waals surface area contributed by atoms with Gasteiger partial charge in [-0.2, -0.15) is 0 Å². The highest BCUT2D eigenvalue weighted by atomic mass is 19.1. The molecule has 0 aromatic heterocycles. The van der Waals surface area contributed by atoms with Crippen LogP contribution in [0.3, 0.4) is 0 Å². The summed E-state index contributed by atoms with van der Waals surface area (Å²) in [6.45, 7) is 5.00. The van der Waals surface area contributed by atoms with E-state index < -0.39 is 0 Å². The standard InChI is InChI=1S/C15H19FN2O/c1-12(13-5-2-3-6-14(13)16)11-15(19)18-9-4-7-17-8-10-18/h2-3,5-6,11,17H,4,7-10H2,1H3/b12-11-. The first-order valence-corrected chi connectivity index (χ1v) is 6.61. The molecular weight excluding hydrogens is 243 g/mol. The van der Waals surface area contributed by atoms with E-state index >= 15 is 0 Å². The molecular formula is C15H19FN2O. The van der Waals surface area contributed by atoms with E-state index in [1.165, 1.54) is 12.1 Å². The van der Waals surface area contributed by atoms with Crippen LogP contribution in [0.15, 0.2) is 30.3 Å². The monoisotopic (exact) mass is 262 g/mol. The topological polar surface area (TPSA) is 32.3 Å². The van der Waals surface area contributed by atoms with E-state index in [4.69, 9.17) is 0 Å². The van der Waals surface area contributed by atoms with Crippen molar-refractivity contribution in [2.75, 3.05) is 26.2 Å². The van der Waals surface area contributed by atoms with Gasteiger partial charge < -0.3 is 10.2 Å². The summed E-state index contributed by atoms with van der Waals surface area (Å²) in [5.41, 5.74) is 1.16. The van der Waals surface area contributed by atoms with Crippen LogP contribution in [0.25, 0.3) is 5.57 Å². The molecule has 1 amide bonds. The lowest BCUT2D eigenvalue weighted by atomic mass is 10.1. The van der Waals surface area contributed by atoms with E-state index in [0.717, 1.165) is 26.1 Å². The van der Waals surface area contributed by atoms with E-state index in [-0.39, 0.29) is 11.7 Å². The van der Waals surface area contributed by atoms with Gasteiger partial charge in [-0.15, -0.1) is 0 Å². The first kappa shape index (κ1) is 13.7. The van der Waals surface area contributed by atoms with Crippen LogP contribution < -0.4 is 5.32 Å². The third-order valence-electron chi connectivity index (χ3n) is 3.29. The Morgan fingerprint density at radius 1 is 1.32 bits per heavy atom. The zero-order valence-electron chi connectivity index (χ0n) is 11.2. The molecule has 1 saturated heterocycles. The van der Waals surface area contributed by atoms with Crippen LogP contribution in [0.4, 0.5) is 4.39 Å². The van der Waals surface area contributed by atoms with Crippen molar-refractivity contribution in [1.82, 2.24) is 10.2 Å². The number of halogens is 1. The molecule has 1 aliphatic heterocycles. The molecule has 0 aliphatic carbocycles. The molecule has 4 heteroatoms. The summed E-state index contributed by atoms with van der Waals surface area (Å²) >= 11 is 0. The molecule has 1 aliphatic rings. The largest absolute Gasteiger partial charge is 0.338 e. The summed E-state index contributed by atoms with van der Waals surface area (Å²) in [5.74, 6) is -0.328. The summed E-state index contributed by atoms with van der Waals surface area (Å²) < 4.78 is 13.6. The summed E-state index contributed by atoms with van der Waals surface area (Å²) in [6, 6.07) is 6.52. The van der Waals surface area contributed by atoms with Crippen molar-refractivity contribution in [3.05, 3.63) is 41.7 Å². The quantitative estimate of drug-likeness (QED) is 0.827. The Balaban J connectivity index is 2.11. The number of carbonyl (C=O) groups is 1. The molecule has 0 unspecified atom stereocenters. The van der Waals surface area contributed by atoms with Crippen molar-refractivity contribution < 1.29 is 9.18 Å². The molecule has 102 valence electrons. The van der Waals surface area contributed by atoms with Crippen LogP contribution in [0.5, 0.6) is 0 Å². The Labute approximate surface area is 113 Å². The molecule has 0 atom stereocenters. The summed E-state index contributed by atoms with van der Waals surface area (Å²) in [4.78, 5) is 14.0. The number of benzene rings is 1. The number of allylic oxidation sites excluding steroid dienone is 1. The third-order valence-corrected chi connectivity index (χ3v) is 3.29. The molecule has 1 aromatic rings. The lowest BCUT2D eigenvalue weighted by molar-refractivity contribution is -0.125. The maximum absolute atomic E-state index is 13.6. The van der Waals surface area contributed by atoms with Crippen LogP contribution in [0.1, 0.15) is 18.9 Å². The zero-order valence-corrected chi connectivity index (χ0v) is 11.2. The van der Waals surface area contributed by atoms with Crippen molar-refractivity contribution in [3.63, 3.8) is 0 Å². The van der Waals surface area contributed by atoms with E-state index in [9.17, 15) is 9.18 Å². The van der Waals surface area contributed by atoms with Gasteiger partial charge in [0, 0.05) is 31.3 Å². The molecule has 0 spiro atoms. The van der Waals surface area contributed by atoms with Crippen molar-refractivity contribution in [2.24, 2.45) is 0 Å². The van der Waals surface area contributed by atoms with Crippen molar-refractivity contribution >= 4 is 11.5 Å². The minimum atomic E-state index is -0.290. The van der Waals surface area contributed by atoms with Gasteiger partial charge in [0.1, 0.15) is 5.82 Å². The second-order valence-electron chi connectivity index (χ2n) is 4.74. The third kappa shape index (κ3) is 3.64. The summed E-state index contributed by atoms with van der Waals surface area (Å²) in [6.07, 6.45) is 2.49. The second-order valence-corrected chi connectivity index (χ2v) is 4.74. The Kier molecular flexibility index (Phi) is 4.68. The highest BCUT2D eigenvalue weighted by Crippen LogP contribution is 2.17. The van der Waals surface area contributed by atoms with Gasteiger partial charge in [-0.05, 0) is 31.5 Å². The average molecular weight is 262 g/mol. The molecule has 0 bridgehead atoms. The number of nitrogens with one attached hydrogen (secondary N) is 1. The zero-order chi connectivity index (χ0) is 13.7. The van der Waals surface area contributed by atoms with Crippen molar-refractivity contribution in [1.29, 1.82) is 0 Å². The van der Waals surface area contributed by atoms with Gasteiger partial charge in [0.05, 0.1) is 0 Å². The smallest absolute Gasteiger partial charge is 0.246 e. The highest BCUT2D eigenvalue weighted by molar-refractivity contribution is 5.94. The highest BCUT2D eigenvalue weighted by Gasteiger charge is 2.14. The van der Waals surface area contributed by atoms with Crippen molar-refractivity contribution in [2.45, 2.75) is 13.3 Å². The number of amides is 1. The fraction of sp³-hybridized carbons (Fsp3) is 0.400. The van der Waals surface area contributed by atoms with Crippen LogP contribution >= 0.6 is 0 Å². The van der Waals surface area contributed by atoms with E-state index in [1.54, 1.807) is 25.1 Å². The predicted octanol–water partition coefficient (Wildman–Crippen LogP) is 2.05. The molecule has 2 rings (SSSR count). The van der Waals surface area contributed by atoms with Gasteiger partial charge in [-0.3, -0.25) is 4.79 Å². The number of rotatable bonds is 2. The van der Waals surface area contributed by atoms with Crippen LogP contribution in [-0.4, -0.2) is 37.0 Å². The Morgan fingerprint density at radius 3 is 2.89 bits per heavy atom. The van der Waals surface area contributed by atoms with Gasteiger partial charge in [-0.1, -0.05) is 18.2 Å². The summed E-state index contributed by atoms with van der Waals surface area (Å²) in [7, 11) is 0. The normalized spacial score (nSPS) is 17.2. The lowest BCUT2D eigenvalue weighted by Gasteiger charge is -2.18. The van der Waals surface area contributed by atoms with Crippen LogP contribution in [0, 0.1) is 5.82 Å². The van der Waals surface area contributed by atoms with Gasteiger partial charge in [0.15, 0.2) is 0 Å². The van der Waals surface area contributed by atoms with Crippen molar-refractivity contribution in [3.8, 4) is 0 Å². The molecule has 0 saturated carbocycles. The maximum Gasteiger partial charge on any atom is 0.246 e. The fourth-order valence-electron chi connectivity index (χ4n) is 2.20. The molecule has 19 heavy (non-hydrogen) atoms. The number of hydrogen-bond donors (Lipinski definition) is 1. The lowest BCUT2D eigenvalue weighted by Crippen LogP contribution is -2.33. The Bertz CT molecular complexity index is 477. The fourth-order valence-corrected chi connectivity index (χ4v) is 2.20. The maximum atomic E-state index is 13.6. The Hall–Kier alpha value is -1.68. The van der Waals surface area contributed by atoms with E-state index in [2.05, 4.69) is 5.32 Å². The molecule has 1 aromatic carbocycles. The second kappa shape index (κ2) is 6.48. The molecule has 1 N–H and O–H groups in total. The molecule has 0 radical (unpaired) electrons. The van der Waals surface area contributed by atoms with Gasteiger partial charge >= 0.3 is 0 Å². The van der Waals surface area contributed by atoms with E-state index in [0.29, 0.717) is 17.7 Å². The number of carbonyl (C=O) groups excluding carboxylic acids is 1. The number of hydrogen-bond acceptors (Lipinski definition) is 2. The van der Waals surface area contributed by atoms with Gasteiger partial charge in [-0.25, -0.2) is 4.39 Å². The molecule has 3 nitrogen and oxygen atoms in total. The van der Waals surface area contributed by atoms with Crippen LogP contribution in [0.2, 0.25) is 0 Å². The van der Waals surface area contributed by atoms with Crippen LogP contribution in [-0.2, 0) is 4.79 Å². The predicted molar refractivity (Wildman–Crippen MR) is 74.1 cm³/mol. The summed E-state index contributed by atoms with van der Waals surface area (Å²) in [5, 5.41) is 3.25. The minimum absolute atomic E-state index is 0.0375. The molecule has 1 fully saturated rings. The number of nitrogens with zero attached hydrogens (tertiary/aromatic N) is 1. The first-order chi connectivity index (χ1) is 9.18. The SMILES string of the molecule is C/C(=C/C(=O)N1CCCNCC1)c1ccccc1F. The average Bonchev–Trinajstić information content (AvgIpc) is 2.68. The first-order valence-electron chi connectivity index (χ1n) is 6.61. The molecule has 1 heterocycles. The van der Waals surface area contributed by atoms with Gasteiger partial charge in [0.2, 0.25) is 5.91 Å². The Morgan fingerprint density at radius 2 is 2.11 bits per heavy atom.